The van der Waals surface area contributed by atoms with Gasteiger partial charge in [-0.15, -0.1) is 0 Å². The minimum Gasteiger partial charge on any atom is -0.458 e. The summed E-state index contributed by atoms with van der Waals surface area (Å²) in [5, 5.41) is 12.1. The van der Waals surface area contributed by atoms with E-state index in [9.17, 15) is 38.7 Å². The van der Waals surface area contributed by atoms with Crippen LogP contribution in [0.4, 0.5) is 0 Å². The van der Waals surface area contributed by atoms with E-state index in [0.29, 0.717) is 0 Å². The molecule has 0 unspecified atom stereocenters. The first kappa shape index (κ1) is 45.0. The van der Waals surface area contributed by atoms with Crippen LogP contribution in [0, 0.1) is 17.3 Å². The van der Waals surface area contributed by atoms with Gasteiger partial charge in [-0.3, -0.25) is 38.4 Å². The van der Waals surface area contributed by atoms with Crippen LogP contribution in [-0.4, -0.2) is 112 Å². The average molecular weight is 783 g/mol. The lowest BCUT2D eigenvalue weighted by molar-refractivity contribution is -0.277. The van der Waals surface area contributed by atoms with Gasteiger partial charge in [-0.1, -0.05) is 33.8 Å². The fraction of sp³-hybridized carbons (Fsp3) is 0.737. The Balaban J connectivity index is 2.76. The lowest BCUT2D eigenvalue weighted by Gasteiger charge is -2.54. The van der Waals surface area contributed by atoms with Gasteiger partial charge in [0.15, 0.2) is 35.1 Å². The van der Waals surface area contributed by atoms with Crippen molar-refractivity contribution in [2.45, 2.75) is 155 Å². The Bertz CT molecular complexity index is 1590. The number of hydrogen-bond acceptors (Lipinski definition) is 17. The van der Waals surface area contributed by atoms with Crippen molar-refractivity contribution in [3.8, 4) is 0 Å². The molecule has 17 nitrogen and oxygen atoms in total. The van der Waals surface area contributed by atoms with Crippen molar-refractivity contribution in [3.63, 3.8) is 0 Å². The summed E-state index contributed by atoms with van der Waals surface area (Å²) in [7, 11) is 0. The first-order chi connectivity index (χ1) is 25.1. The summed E-state index contributed by atoms with van der Waals surface area (Å²) in [6, 6.07) is 0. The Morgan fingerprint density at radius 2 is 1.27 bits per heavy atom. The molecule has 0 amide bonds. The Labute approximate surface area is 320 Å². The van der Waals surface area contributed by atoms with Crippen molar-refractivity contribution in [3.05, 3.63) is 12.2 Å². The molecule has 1 heterocycles. The molecule has 0 aromatic carbocycles. The van der Waals surface area contributed by atoms with Gasteiger partial charge in [0.1, 0.15) is 17.8 Å². The van der Waals surface area contributed by atoms with Gasteiger partial charge in [0.2, 0.25) is 5.78 Å². The Morgan fingerprint density at radius 3 is 1.76 bits per heavy atom. The molecule has 17 heteroatoms. The largest absolute Gasteiger partial charge is 0.458 e. The molecule has 0 aromatic rings. The Morgan fingerprint density at radius 1 is 0.745 bits per heavy atom. The second kappa shape index (κ2) is 16.4. The molecule has 55 heavy (non-hydrogen) atoms. The number of aliphatic hydroxyl groups is 1. The third-order valence-electron chi connectivity index (χ3n) is 9.89. The molecule has 3 aliphatic rings. The minimum atomic E-state index is -2.68. The molecule has 0 radical (unpaired) electrons. The van der Waals surface area contributed by atoms with E-state index in [-0.39, 0.29) is 12.5 Å². The van der Waals surface area contributed by atoms with Crippen LogP contribution in [-0.2, 0) is 76.3 Å². The molecule has 0 spiro atoms. The molecule has 0 bridgehead atoms. The molecule has 1 aliphatic heterocycles. The van der Waals surface area contributed by atoms with E-state index in [2.05, 4.69) is 0 Å². The molecular formula is C38H54O17. The molecule has 10 atom stereocenters. The molecular weight excluding hydrogens is 728 g/mol. The second-order valence-corrected chi connectivity index (χ2v) is 16.0. The number of fused-ring (bicyclic) bond motifs is 3. The van der Waals surface area contributed by atoms with E-state index in [1.165, 1.54) is 13.0 Å². The highest BCUT2D eigenvalue weighted by Crippen LogP contribution is 2.57. The third kappa shape index (κ3) is 9.54. The predicted molar refractivity (Wildman–Crippen MR) is 186 cm³/mol. The van der Waals surface area contributed by atoms with Crippen LogP contribution in [0.1, 0.15) is 102 Å². The number of carbonyl (C=O) groups excluding carboxylic acids is 8. The third-order valence-corrected chi connectivity index (χ3v) is 9.89. The highest BCUT2D eigenvalue weighted by atomic mass is 16.7. The van der Waals surface area contributed by atoms with Crippen LogP contribution in [0.25, 0.3) is 0 Å². The Hall–Kier alpha value is -4.38. The van der Waals surface area contributed by atoms with Gasteiger partial charge < -0.3 is 43.0 Å². The summed E-state index contributed by atoms with van der Waals surface area (Å²) >= 11 is 0. The van der Waals surface area contributed by atoms with Gasteiger partial charge >= 0.3 is 41.8 Å². The first-order valence-corrected chi connectivity index (χ1v) is 18.0. The van der Waals surface area contributed by atoms with E-state index in [1.54, 1.807) is 27.7 Å². The number of carbonyl (C=O) groups is 8. The van der Waals surface area contributed by atoms with E-state index in [1.807, 2.05) is 0 Å². The highest BCUT2D eigenvalue weighted by Gasteiger charge is 2.77. The summed E-state index contributed by atoms with van der Waals surface area (Å²) in [6.07, 6.45) is -8.10. The Kier molecular flexibility index (Phi) is 13.4. The second-order valence-electron chi connectivity index (χ2n) is 16.0. The summed E-state index contributed by atoms with van der Waals surface area (Å²) < 4.78 is 48.2. The zero-order chi connectivity index (χ0) is 42.1. The minimum absolute atomic E-state index is 0.124. The molecule has 0 aromatic heterocycles. The van der Waals surface area contributed by atoms with Crippen molar-refractivity contribution in [1.29, 1.82) is 0 Å². The molecule has 1 saturated heterocycles. The quantitative estimate of drug-likeness (QED) is 0.201. The van der Waals surface area contributed by atoms with Crippen molar-refractivity contribution >= 4 is 47.6 Å². The summed E-state index contributed by atoms with van der Waals surface area (Å²) in [5.74, 6) is -10.0. The highest BCUT2D eigenvalue weighted by molar-refractivity contribution is 5.98. The number of ketones is 1. The lowest BCUT2D eigenvalue weighted by atomic mass is 9.65. The van der Waals surface area contributed by atoms with Crippen LogP contribution >= 0.6 is 0 Å². The number of ether oxygens (including phenoxy) is 8. The number of rotatable bonds is 9. The summed E-state index contributed by atoms with van der Waals surface area (Å²) in [5.41, 5.74) is -11.1. The maximum Gasteiger partial charge on any atom is 0.306 e. The van der Waals surface area contributed by atoms with Crippen molar-refractivity contribution in [2.75, 3.05) is 6.61 Å². The van der Waals surface area contributed by atoms with Crippen molar-refractivity contribution in [2.24, 2.45) is 17.3 Å². The fourth-order valence-corrected chi connectivity index (χ4v) is 8.14. The average Bonchev–Trinajstić information content (AvgIpc) is 3.23. The van der Waals surface area contributed by atoms with Gasteiger partial charge in [0.05, 0.1) is 5.92 Å². The normalized spacial score (nSPS) is 36.3. The predicted octanol–water partition coefficient (Wildman–Crippen LogP) is 2.39. The van der Waals surface area contributed by atoms with Gasteiger partial charge in [0.25, 0.3) is 0 Å². The molecule has 1 N–H and O–H groups in total. The van der Waals surface area contributed by atoms with E-state index in [4.69, 9.17) is 37.9 Å². The molecule has 2 aliphatic carbocycles. The van der Waals surface area contributed by atoms with Gasteiger partial charge in [-0.05, 0) is 25.8 Å². The summed E-state index contributed by atoms with van der Waals surface area (Å²) in [6.45, 7) is 15.1. The summed E-state index contributed by atoms with van der Waals surface area (Å²) in [4.78, 5) is 107. The molecule has 3 rings (SSSR count). The van der Waals surface area contributed by atoms with Crippen LogP contribution in [0.2, 0.25) is 0 Å². The lowest BCUT2D eigenvalue weighted by Crippen LogP contribution is -2.72. The zero-order valence-corrected chi connectivity index (χ0v) is 33.5. The molecule has 308 valence electrons. The SMILES string of the molecule is CC(=O)O[C@H]1[C@@H](OC(C)=O)C(C)(C)/C=C/[C@@](C)(O)C(=O)[C@@]2(OC(C)=O)C[C@@](C)(OC(C)=O)[C@H](OC(C)=O)[C@@H]2[C@H]2OC(=O)CC[C@@]2(OC(C)=O)[C@@H]1OCC(C)C. The molecule has 2 fully saturated rings. The first-order valence-electron chi connectivity index (χ1n) is 18.0. The smallest absolute Gasteiger partial charge is 0.306 e. The number of hydrogen-bond donors (Lipinski definition) is 1. The van der Waals surface area contributed by atoms with Crippen LogP contribution in [0.5, 0.6) is 0 Å². The van der Waals surface area contributed by atoms with Crippen molar-refractivity contribution in [1.82, 2.24) is 0 Å². The van der Waals surface area contributed by atoms with E-state index in [0.717, 1.165) is 54.5 Å². The number of Topliss-reactive ketones (excluding diaryl/α,β-unsaturated/α-hetero) is 1. The van der Waals surface area contributed by atoms with Crippen LogP contribution in [0.3, 0.4) is 0 Å². The van der Waals surface area contributed by atoms with Crippen LogP contribution < -0.4 is 0 Å². The van der Waals surface area contributed by atoms with E-state index < -0.39 is 131 Å². The maximum absolute atomic E-state index is 15.2. The standard InChI is InChI=1S/C38H54O17/c1-19(2)17-48-32-28(49-20(3)39)31(51-22(5)41)34(9,10)15-16-35(11,47)33(46)38(55-25(8)44)18-36(12,53-23(6)42)29(50-21(4)40)27(38)30-37(32,54-24(7)43)14-13-26(45)52-30/h15-16,19,27-32,47H,13-14,17-18H2,1-12H3/b16-15+/t27-,28+,29-,30-,31-,32-,35-,36-,37+,38-/m1/s1. The maximum atomic E-state index is 15.2. The number of esters is 7. The van der Waals surface area contributed by atoms with Crippen molar-refractivity contribution < 1.29 is 81.4 Å². The topological polar surface area (TPSA) is 231 Å². The fourth-order valence-electron chi connectivity index (χ4n) is 8.14. The monoisotopic (exact) mass is 782 g/mol. The molecule has 1 saturated carbocycles. The van der Waals surface area contributed by atoms with Gasteiger partial charge in [-0.2, -0.15) is 0 Å². The van der Waals surface area contributed by atoms with Gasteiger partial charge in [-0.25, -0.2) is 0 Å². The zero-order valence-electron chi connectivity index (χ0n) is 33.5. The van der Waals surface area contributed by atoms with E-state index >= 15 is 4.79 Å². The van der Waals surface area contributed by atoms with Crippen LogP contribution in [0.15, 0.2) is 12.2 Å². The van der Waals surface area contributed by atoms with Gasteiger partial charge in [0, 0.05) is 72.8 Å².